The first kappa shape index (κ1) is 14.3. The van der Waals surface area contributed by atoms with E-state index >= 15 is 0 Å². The number of carbonyl (C=O) groups is 2. The van der Waals surface area contributed by atoms with E-state index in [0.29, 0.717) is 19.4 Å². The molecule has 2 amide bonds. The smallest absolute Gasteiger partial charge is 0.288 e. The number of nitro groups is 1. The van der Waals surface area contributed by atoms with Gasteiger partial charge in [-0.25, -0.2) is 0 Å². The number of rotatable bonds is 4. The Hall–Kier alpha value is -2.15. The van der Waals surface area contributed by atoms with E-state index in [1.807, 2.05) is 0 Å². The summed E-state index contributed by atoms with van der Waals surface area (Å²) in [4.78, 5) is 33.0. The largest absolute Gasteiger partial charge is 0.352 e. The predicted molar refractivity (Wildman–Crippen MR) is 71.6 cm³/mol. The average molecular weight is 298 g/mol. The van der Waals surface area contributed by atoms with Crippen LogP contribution in [0.2, 0.25) is 5.02 Å². The number of hydrogen-bond donors (Lipinski definition) is 2. The number of nitrogens with one attached hydrogen (secondary N) is 2. The van der Waals surface area contributed by atoms with Gasteiger partial charge in [0, 0.05) is 30.6 Å². The first-order valence-electron chi connectivity index (χ1n) is 5.99. The Morgan fingerprint density at radius 3 is 2.90 bits per heavy atom. The van der Waals surface area contributed by atoms with Crippen LogP contribution < -0.4 is 10.6 Å². The molecule has 106 valence electrons. The van der Waals surface area contributed by atoms with Gasteiger partial charge in [-0.1, -0.05) is 11.6 Å². The molecule has 1 atom stereocenters. The van der Waals surface area contributed by atoms with E-state index in [0.717, 1.165) is 6.07 Å². The third-order valence-electron chi connectivity index (χ3n) is 3.00. The van der Waals surface area contributed by atoms with E-state index in [1.54, 1.807) is 0 Å². The van der Waals surface area contributed by atoms with Crippen LogP contribution in [0.4, 0.5) is 5.69 Å². The highest BCUT2D eigenvalue weighted by Crippen LogP contribution is 2.24. The Labute approximate surface area is 119 Å². The molecule has 1 fully saturated rings. The minimum absolute atomic E-state index is 0.0189. The summed E-state index contributed by atoms with van der Waals surface area (Å²) >= 11 is 5.67. The molecule has 1 aliphatic rings. The van der Waals surface area contributed by atoms with Gasteiger partial charge in [0.15, 0.2) is 0 Å². The zero-order chi connectivity index (χ0) is 14.7. The van der Waals surface area contributed by atoms with E-state index < -0.39 is 10.8 Å². The van der Waals surface area contributed by atoms with Gasteiger partial charge in [-0.2, -0.15) is 0 Å². The molecule has 1 aromatic carbocycles. The lowest BCUT2D eigenvalue weighted by Crippen LogP contribution is -2.38. The van der Waals surface area contributed by atoms with Crippen LogP contribution in [0.1, 0.15) is 23.2 Å². The molecule has 0 aromatic heterocycles. The summed E-state index contributed by atoms with van der Waals surface area (Å²) < 4.78 is 0. The molecule has 0 bridgehead atoms. The molecule has 0 radical (unpaired) electrons. The molecule has 2 N–H and O–H groups in total. The summed E-state index contributed by atoms with van der Waals surface area (Å²) in [5, 5.41) is 16.1. The number of hydrogen-bond acceptors (Lipinski definition) is 4. The lowest BCUT2D eigenvalue weighted by atomic mass is 10.1. The van der Waals surface area contributed by atoms with Gasteiger partial charge in [-0.15, -0.1) is 0 Å². The Morgan fingerprint density at radius 2 is 2.30 bits per heavy atom. The first-order chi connectivity index (χ1) is 9.47. The maximum Gasteiger partial charge on any atom is 0.288 e. The van der Waals surface area contributed by atoms with Crippen molar-refractivity contribution >= 4 is 29.1 Å². The van der Waals surface area contributed by atoms with Gasteiger partial charge in [0.1, 0.15) is 5.02 Å². The van der Waals surface area contributed by atoms with Gasteiger partial charge in [0.25, 0.3) is 11.6 Å². The van der Waals surface area contributed by atoms with Crippen LogP contribution in [0.25, 0.3) is 0 Å². The highest BCUT2D eigenvalue weighted by atomic mass is 35.5. The quantitative estimate of drug-likeness (QED) is 0.645. The van der Waals surface area contributed by atoms with E-state index in [1.165, 1.54) is 12.1 Å². The van der Waals surface area contributed by atoms with Crippen LogP contribution in [-0.2, 0) is 4.79 Å². The van der Waals surface area contributed by atoms with E-state index in [9.17, 15) is 19.7 Å². The standard InChI is InChI=1S/C12H12ClN3O4/c13-9-3-1-7(5-10(9)16(19)20)12(18)14-6-8-2-4-11(17)15-8/h1,3,5,8H,2,4,6H2,(H,14,18)(H,15,17). The maximum absolute atomic E-state index is 11.9. The fourth-order valence-electron chi connectivity index (χ4n) is 1.94. The molecule has 7 nitrogen and oxygen atoms in total. The van der Waals surface area contributed by atoms with Gasteiger partial charge in [-0.3, -0.25) is 19.7 Å². The van der Waals surface area contributed by atoms with Crippen molar-refractivity contribution in [3.63, 3.8) is 0 Å². The van der Waals surface area contributed by atoms with E-state index in [4.69, 9.17) is 11.6 Å². The Kier molecular flexibility index (Phi) is 4.19. The fraction of sp³-hybridized carbons (Fsp3) is 0.333. The van der Waals surface area contributed by atoms with Crippen molar-refractivity contribution in [3.05, 3.63) is 38.9 Å². The monoisotopic (exact) mass is 297 g/mol. The number of nitrogens with zero attached hydrogens (tertiary/aromatic N) is 1. The predicted octanol–water partition coefficient (Wildman–Crippen LogP) is 1.26. The van der Waals surface area contributed by atoms with Gasteiger partial charge < -0.3 is 10.6 Å². The van der Waals surface area contributed by atoms with E-state index in [2.05, 4.69) is 10.6 Å². The van der Waals surface area contributed by atoms with Gasteiger partial charge in [0.05, 0.1) is 4.92 Å². The average Bonchev–Trinajstić information content (AvgIpc) is 2.82. The van der Waals surface area contributed by atoms with Gasteiger partial charge in [0.2, 0.25) is 5.91 Å². The maximum atomic E-state index is 11.9. The fourth-order valence-corrected chi connectivity index (χ4v) is 2.13. The number of benzene rings is 1. The van der Waals surface area contributed by atoms with Crippen molar-refractivity contribution in [2.24, 2.45) is 0 Å². The van der Waals surface area contributed by atoms with Crippen LogP contribution in [0.15, 0.2) is 18.2 Å². The van der Waals surface area contributed by atoms with Crippen molar-refractivity contribution in [3.8, 4) is 0 Å². The summed E-state index contributed by atoms with van der Waals surface area (Å²) in [5.74, 6) is -0.475. The zero-order valence-electron chi connectivity index (χ0n) is 10.4. The van der Waals surface area contributed by atoms with Crippen molar-refractivity contribution in [2.75, 3.05) is 6.54 Å². The van der Waals surface area contributed by atoms with Crippen molar-refractivity contribution in [1.29, 1.82) is 0 Å². The second-order valence-electron chi connectivity index (χ2n) is 4.44. The molecular weight excluding hydrogens is 286 g/mol. The van der Waals surface area contributed by atoms with Crippen LogP contribution in [-0.4, -0.2) is 29.3 Å². The lowest BCUT2D eigenvalue weighted by molar-refractivity contribution is -0.384. The second kappa shape index (κ2) is 5.87. The summed E-state index contributed by atoms with van der Waals surface area (Å²) in [6, 6.07) is 3.77. The number of nitro benzene ring substituents is 1. The Morgan fingerprint density at radius 1 is 1.55 bits per heavy atom. The molecule has 1 aromatic rings. The third-order valence-corrected chi connectivity index (χ3v) is 3.32. The summed E-state index contributed by atoms with van der Waals surface area (Å²) in [6.07, 6.45) is 1.12. The number of carbonyl (C=O) groups excluding carboxylic acids is 2. The lowest BCUT2D eigenvalue weighted by Gasteiger charge is -2.11. The highest BCUT2D eigenvalue weighted by molar-refractivity contribution is 6.32. The summed E-state index contributed by atoms with van der Waals surface area (Å²) in [6.45, 7) is 0.293. The minimum Gasteiger partial charge on any atom is -0.352 e. The molecular formula is C12H12ClN3O4. The molecule has 1 aliphatic heterocycles. The molecule has 0 aliphatic carbocycles. The van der Waals surface area contributed by atoms with E-state index in [-0.39, 0.29) is 28.2 Å². The van der Waals surface area contributed by atoms with Crippen molar-refractivity contribution < 1.29 is 14.5 Å². The molecule has 1 saturated heterocycles. The summed E-state index contributed by atoms with van der Waals surface area (Å²) in [7, 11) is 0. The molecule has 1 unspecified atom stereocenters. The Bertz CT molecular complexity index is 576. The summed E-state index contributed by atoms with van der Waals surface area (Å²) in [5.41, 5.74) is -0.154. The normalized spacial score (nSPS) is 17.6. The molecule has 1 heterocycles. The number of amides is 2. The van der Waals surface area contributed by atoms with Crippen LogP contribution >= 0.6 is 11.6 Å². The minimum atomic E-state index is -0.643. The van der Waals surface area contributed by atoms with Crippen LogP contribution in [0.5, 0.6) is 0 Å². The Balaban J connectivity index is 2.00. The van der Waals surface area contributed by atoms with Crippen molar-refractivity contribution in [1.82, 2.24) is 10.6 Å². The number of halogens is 1. The first-order valence-corrected chi connectivity index (χ1v) is 6.36. The molecule has 0 saturated carbocycles. The molecule has 2 rings (SSSR count). The molecule has 20 heavy (non-hydrogen) atoms. The topological polar surface area (TPSA) is 101 Å². The third kappa shape index (κ3) is 3.24. The second-order valence-corrected chi connectivity index (χ2v) is 4.84. The van der Waals surface area contributed by atoms with Crippen LogP contribution in [0.3, 0.4) is 0 Å². The highest BCUT2D eigenvalue weighted by Gasteiger charge is 2.22. The van der Waals surface area contributed by atoms with Gasteiger partial charge in [-0.05, 0) is 18.6 Å². The molecule has 8 heteroatoms. The van der Waals surface area contributed by atoms with Crippen molar-refractivity contribution in [2.45, 2.75) is 18.9 Å². The van der Waals surface area contributed by atoms with Crippen LogP contribution in [0, 0.1) is 10.1 Å². The molecule has 0 spiro atoms. The SMILES string of the molecule is O=C1CCC(CNC(=O)c2ccc(Cl)c([N+](=O)[O-])c2)N1. The zero-order valence-corrected chi connectivity index (χ0v) is 11.1. The van der Waals surface area contributed by atoms with Gasteiger partial charge >= 0.3 is 0 Å².